The SMILES string of the molecule is COCC(C)Oc1ccc(-n2c(N)c3c(cc2=O)C(=O)NC3=O)cc1. The highest BCUT2D eigenvalue weighted by molar-refractivity contribution is 6.23. The van der Waals surface area contributed by atoms with Crippen LogP contribution in [0.2, 0.25) is 0 Å². The molecule has 8 nitrogen and oxygen atoms in total. The Hall–Kier alpha value is -3.13. The van der Waals surface area contributed by atoms with E-state index in [2.05, 4.69) is 5.32 Å². The number of nitrogen functional groups attached to an aromatic ring is 1. The van der Waals surface area contributed by atoms with Gasteiger partial charge in [0.25, 0.3) is 17.4 Å². The number of nitrogens with two attached hydrogens (primary N) is 1. The average molecular weight is 343 g/mol. The molecule has 25 heavy (non-hydrogen) atoms. The number of ether oxygens (including phenoxy) is 2. The van der Waals surface area contributed by atoms with Crippen molar-refractivity contribution in [2.24, 2.45) is 0 Å². The monoisotopic (exact) mass is 343 g/mol. The maximum Gasteiger partial charge on any atom is 0.262 e. The highest BCUT2D eigenvalue weighted by Crippen LogP contribution is 2.24. The number of amides is 2. The van der Waals surface area contributed by atoms with E-state index in [-0.39, 0.29) is 23.0 Å². The summed E-state index contributed by atoms with van der Waals surface area (Å²) in [4.78, 5) is 35.9. The molecule has 1 aliphatic rings. The van der Waals surface area contributed by atoms with E-state index in [9.17, 15) is 14.4 Å². The number of benzene rings is 1. The van der Waals surface area contributed by atoms with Crippen molar-refractivity contribution in [2.75, 3.05) is 19.5 Å². The number of nitrogens with one attached hydrogen (secondary N) is 1. The summed E-state index contributed by atoms with van der Waals surface area (Å²) >= 11 is 0. The van der Waals surface area contributed by atoms with E-state index in [1.807, 2.05) is 6.92 Å². The predicted molar refractivity (Wildman–Crippen MR) is 90.2 cm³/mol. The standard InChI is InChI=1S/C17H17N3O5/c1-9(8-24-2)25-11-5-3-10(4-6-11)20-13(21)7-12-14(15(20)18)17(23)19-16(12)22/h3-7,9H,8,18H2,1-2H3,(H,19,22,23). The van der Waals surface area contributed by atoms with Crippen LogP contribution in [0.1, 0.15) is 27.6 Å². The summed E-state index contributed by atoms with van der Waals surface area (Å²) in [5.41, 5.74) is 5.96. The van der Waals surface area contributed by atoms with Crippen LogP contribution in [0.3, 0.4) is 0 Å². The normalized spacial score (nSPS) is 14.2. The summed E-state index contributed by atoms with van der Waals surface area (Å²) < 4.78 is 11.8. The quantitative estimate of drug-likeness (QED) is 0.774. The molecule has 1 aromatic heterocycles. The number of anilines is 1. The molecule has 1 atom stereocenters. The fourth-order valence-electron chi connectivity index (χ4n) is 2.72. The zero-order chi connectivity index (χ0) is 18.1. The molecule has 1 unspecified atom stereocenters. The van der Waals surface area contributed by atoms with Gasteiger partial charge in [0, 0.05) is 13.2 Å². The summed E-state index contributed by atoms with van der Waals surface area (Å²) in [6, 6.07) is 7.77. The maximum absolute atomic E-state index is 12.3. The van der Waals surface area contributed by atoms with E-state index in [1.165, 1.54) is 4.57 Å². The van der Waals surface area contributed by atoms with Gasteiger partial charge in [0.05, 0.1) is 23.4 Å². The fourth-order valence-corrected chi connectivity index (χ4v) is 2.72. The number of nitrogens with zero attached hydrogens (tertiary/aromatic N) is 1. The molecule has 3 rings (SSSR count). The molecule has 0 bridgehead atoms. The second-order valence-electron chi connectivity index (χ2n) is 5.65. The van der Waals surface area contributed by atoms with Gasteiger partial charge in [-0.2, -0.15) is 0 Å². The minimum atomic E-state index is -0.619. The molecule has 0 spiro atoms. The van der Waals surface area contributed by atoms with Crippen molar-refractivity contribution in [1.29, 1.82) is 0 Å². The third-order valence-corrected chi connectivity index (χ3v) is 3.79. The number of aromatic nitrogens is 1. The van der Waals surface area contributed by atoms with Gasteiger partial charge >= 0.3 is 0 Å². The van der Waals surface area contributed by atoms with Crippen LogP contribution >= 0.6 is 0 Å². The number of carbonyl (C=O) groups is 2. The van der Waals surface area contributed by atoms with E-state index in [0.29, 0.717) is 18.0 Å². The van der Waals surface area contributed by atoms with Crippen molar-refractivity contribution in [2.45, 2.75) is 13.0 Å². The molecule has 2 aromatic rings. The highest BCUT2D eigenvalue weighted by atomic mass is 16.5. The Morgan fingerprint density at radius 2 is 1.84 bits per heavy atom. The number of pyridine rings is 1. The van der Waals surface area contributed by atoms with Gasteiger partial charge in [-0.05, 0) is 31.2 Å². The van der Waals surface area contributed by atoms with Crippen LogP contribution in [0, 0.1) is 0 Å². The maximum atomic E-state index is 12.3. The van der Waals surface area contributed by atoms with E-state index in [4.69, 9.17) is 15.2 Å². The second kappa shape index (κ2) is 6.40. The first kappa shape index (κ1) is 16.7. The molecule has 0 aliphatic carbocycles. The molecule has 3 N–H and O–H groups in total. The van der Waals surface area contributed by atoms with E-state index in [1.54, 1.807) is 31.4 Å². The summed E-state index contributed by atoms with van der Waals surface area (Å²) in [5.74, 6) is -0.701. The van der Waals surface area contributed by atoms with E-state index in [0.717, 1.165) is 6.07 Å². The van der Waals surface area contributed by atoms with Crippen LogP contribution in [0.5, 0.6) is 5.75 Å². The molecule has 0 saturated heterocycles. The van der Waals surface area contributed by atoms with Crippen LogP contribution in [-0.2, 0) is 4.74 Å². The third-order valence-electron chi connectivity index (χ3n) is 3.79. The molecule has 130 valence electrons. The number of fused-ring (bicyclic) bond motifs is 1. The first-order chi connectivity index (χ1) is 11.9. The fraction of sp³-hybridized carbons (Fsp3) is 0.235. The van der Waals surface area contributed by atoms with Crippen molar-refractivity contribution < 1.29 is 19.1 Å². The Labute approximate surface area is 143 Å². The van der Waals surface area contributed by atoms with Crippen LogP contribution < -0.4 is 21.3 Å². The number of methoxy groups -OCH3 is 1. The predicted octanol–water partition coefficient (Wildman–Crippen LogP) is 0.717. The van der Waals surface area contributed by atoms with Gasteiger partial charge in [-0.1, -0.05) is 0 Å². The van der Waals surface area contributed by atoms with Gasteiger partial charge in [0.2, 0.25) is 0 Å². The zero-order valence-corrected chi connectivity index (χ0v) is 13.7. The van der Waals surface area contributed by atoms with Crippen LogP contribution in [-0.4, -0.2) is 36.2 Å². The molecule has 8 heteroatoms. The molecule has 0 fully saturated rings. The highest BCUT2D eigenvalue weighted by Gasteiger charge is 2.31. The van der Waals surface area contributed by atoms with Crippen LogP contribution in [0.25, 0.3) is 5.69 Å². The van der Waals surface area contributed by atoms with E-state index >= 15 is 0 Å². The largest absolute Gasteiger partial charge is 0.488 e. The minimum absolute atomic E-state index is 0.00269. The molecular formula is C17H17N3O5. The van der Waals surface area contributed by atoms with Crippen molar-refractivity contribution in [3.63, 3.8) is 0 Å². The van der Waals surface area contributed by atoms with Crippen LogP contribution in [0.15, 0.2) is 35.1 Å². The van der Waals surface area contributed by atoms with Gasteiger partial charge in [0.1, 0.15) is 17.7 Å². The van der Waals surface area contributed by atoms with Gasteiger partial charge < -0.3 is 15.2 Å². The second-order valence-corrected chi connectivity index (χ2v) is 5.65. The first-order valence-electron chi connectivity index (χ1n) is 7.59. The summed E-state index contributed by atoms with van der Waals surface area (Å²) in [6.45, 7) is 2.32. The molecule has 2 heterocycles. The van der Waals surface area contributed by atoms with Crippen molar-refractivity contribution in [3.05, 3.63) is 51.8 Å². The molecule has 0 saturated carbocycles. The average Bonchev–Trinajstić information content (AvgIpc) is 2.83. The summed E-state index contributed by atoms with van der Waals surface area (Å²) in [5, 5.41) is 2.13. The lowest BCUT2D eigenvalue weighted by Gasteiger charge is -2.15. The topological polar surface area (TPSA) is 113 Å². The lowest BCUT2D eigenvalue weighted by Crippen LogP contribution is -2.24. The summed E-state index contributed by atoms with van der Waals surface area (Å²) in [6.07, 6.45) is -0.127. The van der Waals surface area contributed by atoms with Gasteiger partial charge in [0.15, 0.2) is 0 Å². The van der Waals surface area contributed by atoms with Gasteiger partial charge in [-0.15, -0.1) is 0 Å². The molecule has 0 radical (unpaired) electrons. The number of rotatable bonds is 5. The molecular weight excluding hydrogens is 326 g/mol. The smallest absolute Gasteiger partial charge is 0.262 e. The van der Waals surface area contributed by atoms with Crippen LogP contribution in [0.4, 0.5) is 5.82 Å². The van der Waals surface area contributed by atoms with Crippen molar-refractivity contribution >= 4 is 17.6 Å². The van der Waals surface area contributed by atoms with Gasteiger partial charge in [-0.3, -0.25) is 24.3 Å². The first-order valence-corrected chi connectivity index (χ1v) is 7.59. The third kappa shape index (κ3) is 2.99. The summed E-state index contributed by atoms with van der Waals surface area (Å²) in [7, 11) is 1.59. The zero-order valence-electron chi connectivity index (χ0n) is 13.7. The van der Waals surface area contributed by atoms with Gasteiger partial charge in [-0.25, -0.2) is 0 Å². The Morgan fingerprint density at radius 3 is 2.48 bits per heavy atom. The molecule has 2 amide bonds. The lowest BCUT2D eigenvalue weighted by atomic mass is 10.1. The van der Waals surface area contributed by atoms with E-state index < -0.39 is 17.4 Å². The van der Waals surface area contributed by atoms with Crippen molar-refractivity contribution in [3.8, 4) is 11.4 Å². The Bertz CT molecular complexity index is 902. The number of imide groups is 1. The number of carbonyl (C=O) groups excluding carboxylic acids is 2. The van der Waals surface area contributed by atoms with Crippen molar-refractivity contribution in [1.82, 2.24) is 9.88 Å². The number of hydrogen-bond acceptors (Lipinski definition) is 6. The number of hydrogen-bond donors (Lipinski definition) is 2. The minimum Gasteiger partial charge on any atom is -0.488 e. The Morgan fingerprint density at radius 1 is 1.16 bits per heavy atom. The Kier molecular flexibility index (Phi) is 4.28. The Balaban J connectivity index is 1.98. The lowest BCUT2D eigenvalue weighted by molar-refractivity contribution is 0.0879. The molecule has 1 aliphatic heterocycles. The molecule has 1 aromatic carbocycles.